The second-order valence-corrected chi connectivity index (χ2v) is 4.69. The van der Waals surface area contributed by atoms with Crippen LogP contribution in [0, 0.1) is 11.3 Å². The highest BCUT2D eigenvalue weighted by Gasteiger charge is 2.31. The minimum atomic E-state index is -0.439. The average molecular weight is 227 g/mol. The predicted molar refractivity (Wildman–Crippen MR) is 61.3 cm³/mol. The Morgan fingerprint density at radius 3 is 3.13 bits per heavy atom. The van der Waals surface area contributed by atoms with Gasteiger partial charge in [-0.15, -0.1) is 0 Å². The number of nitrogens with two attached hydrogens (primary N) is 1. The third kappa shape index (κ3) is 3.11. The molecule has 0 aromatic rings. The zero-order valence-electron chi connectivity index (χ0n) is 8.98. The maximum atomic E-state index is 11.9. The molecule has 1 amide bonds. The smallest absolute Gasteiger partial charge is 0.240 e. The molecule has 1 aliphatic heterocycles. The number of hydrogen-bond acceptors (Lipinski definition) is 4. The molecule has 5 heteroatoms. The Balaban J connectivity index is 2.48. The van der Waals surface area contributed by atoms with Gasteiger partial charge in [0.25, 0.3) is 0 Å². The Hall–Kier alpha value is -0.730. The second kappa shape index (κ2) is 5.99. The van der Waals surface area contributed by atoms with Crippen LogP contribution in [0.15, 0.2) is 0 Å². The maximum Gasteiger partial charge on any atom is 0.240 e. The summed E-state index contributed by atoms with van der Waals surface area (Å²) < 4.78 is 0. The molecule has 0 radical (unpaired) electrons. The van der Waals surface area contributed by atoms with Gasteiger partial charge >= 0.3 is 0 Å². The van der Waals surface area contributed by atoms with E-state index in [4.69, 9.17) is 11.0 Å². The van der Waals surface area contributed by atoms with Gasteiger partial charge in [0, 0.05) is 6.54 Å². The average Bonchev–Trinajstić information content (AvgIpc) is 2.72. The first-order chi connectivity index (χ1) is 7.20. The van der Waals surface area contributed by atoms with Crippen LogP contribution in [0.1, 0.15) is 19.3 Å². The van der Waals surface area contributed by atoms with Gasteiger partial charge in [0.15, 0.2) is 0 Å². The number of carbonyl (C=O) groups is 1. The summed E-state index contributed by atoms with van der Waals surface area (Å²) in [5.41, 5.74) is 5.79. The zero-order chi connectivity index (χ0) is 11.3. The summed E-state index contributed by atoms with van der Waals surface area (Å²) in [5, 5.41) is 8.85. The number of nitrogens with zero attached hydrogens (tertiary/aromatic N) is 2. The van der Waals surface area contributed by atoms with Gasteiger partial charge in [-0.1, -0.05) is 0 Å². The molecule has 2 N–H and O–H groups in total. The SMILES string of the molecule is CSCC[C@H](N)C(=O)N1CCC[C@H]1C#N. The Kier molecular flexibility index (Phi) is 4.92. The highest BCUT2D eigenvalue weighted by molar-refractivity contribution is 7.98. The van der Waals surface area contributed by atoms with Crippen molar-refractivity contribution < 1.29 is 4.79 Å². The molecule has 4 nitrogen and oxygen atoms in total. The van der Waals surface area contributed by atoms with Crippen molar-refractivity contribution in [2.75, 3.05) is 18.6 Å². The first-order valence-corrected chi connectivity index (χ1v) is 6.54. The normalized spacial score (nSPS) is 22.5. The lowest BCUT2D eigenvalue weighted by Crippen LogP contribution is -2.45. The van der Waals surface area contributed by atoms with Crippen molar-refractivity contribution in [3.63, 3.8) is 0 Å². The molecule has 0 aromatic heterocycles. The highest BCUT2D eigenvalue weighted by Crippen LogP contribution is 2.17. The Bertz CT molecular complexity index is 264. The van der Waals surface area contributed by atoms with Crippen molar-refractivity contribution in [3.8, 4) is 6.07 Å². The van der Waals surface area contributed by atoms with Crippen LogP contribution in [0.3, 0.4) is 0 Å². The van der Waals surface area contributed by atoms with Crippen LogP contribution in [-0.2, 0) is 4.79 Å². The van der Waals surface area contributed by atoms with Crippen LogP contribution in [0.25, 0.3) is 0 Å². The molecule has 1 fully saturated rings. The first-order valence-electron chi connectivity index (χ1n) is 5.15. The van der Waals surface area contributed by atoms with Crippen LogP contribution in [0.5, 0.6) is 0 Å². The molecule has 0 unspecified atom stereocenters. The fraction of sp³-hybridized carbons (Fsp3) is 0.800. The molecule has 0 aromatic carbocycles. The number of nitriles is 1. The van der Waals surface area contributed by atoms with Gasteiger partial charge in [0.1, 0.15) is 6.04 Å². The van der Waals surface area contributed by atoms with E-state index in [2.05, 4.69) is 6.07 Å². The van der Waals surface area contributed by atoms with Crippen molar-refractivity contribution in [1.82, 2.24) is 4.90 Å². The largest absolute Gasteiger partial charge is 0.325 e. The highest BCUT2D eigenvalue weighted by atomic mass is 32.2. The quantitative estimate of drug-likeness (QED) is 0.762. The van der Waals surface area contributed by atoms with Crippen molar-refractivity contribution in [3.05, 3.63) is 0 Å². The van der Waals surface area contributed by atoms with E-state index >= 15 is 0 Å². The minimum absolute atomic E-state index is 0.0619. The van der Waals surface area contributed by atoms with Crippen molar-refractivity contribution in [2.24, 2.45) is 5.73 Å². The van der Waals surface area contributed by atoms with Crippen LogP contribution in [0.4, 0.5) is 0 Å². The molecule has 0 aliphatic carbocycles. The summed E-state index contributed by atoms with van der Waals surface area (Å²) in [6.45, 7) is 0.685. The van der Waals surface area contributed by atoms with Gasteiger partial charge in [0.2, 0.25) is 5.91 Å². The first kappa shape index (κ1) is 12.3. The number of carbonyl (C=O) groups excluding carboxylic acids is 1. The van der Waals surface area contributed by atoms with E-state index in [1.54, 1.807) is 16.7 Å². The summed E-state index contributed by atoms with van der Waals surface area (Å²) in [5.74, 6) is 0.825. The van der Waals surface area contributed by atoms with E-state index in [0.29, 0.717) is 13.0 Å². The molecular weight excluding hydrogens is 210 g/mol. The number of hydrogen-bond donors (Lipinski definition) is 1. The van der Waals surface area contributed by atoms with Gasteiger partial charge in [-0.2, -0.15) is 17.0 Å². The van der Waals surface area contributed by atoms with Crippen LogP contribution in [-0.4, -0.2) is 41.4 Å². The fourth-order valence-corrected chi connectivity index (χ4v) is 2.24. The van der Waals surface area contributed by atoms with Gasteiger partial charge in [-0.3, -0.25) is 4.79 Å². The molecule has 0 bridgehead atoms. The van der Waals surface area contributed by atoms with E-state index in [1.807, 2.05) is 6.26 Å². The predicted octanol–water partition coefficient (Wildman–Crippen LogP) is 0.581. The number of amides is 1. The van der Waals surface area contributed by atoms with E-state index in [-0.39, 0.29) is 11.9 Å². The Morgan fingerprint density at radius 2 is 2.53 bits per heavy atom. The van der Waals surface area contributed by atoms with Crippen molar-refractivity contribution in [1.29, 1.82) is 5.26 Å². The third-order valence-corrected chi connectivity index (χ3v) is 3.28. The van der Waals surface area contributed by atoms with Crippen LogP contribution >= 0.6 is 11.8 Å². The second-order valence-electron chi connectivity index (χ2n) is 3.71. The fourth-order valence-electron chi connectivity index (χ4n) is 1.75. The monoisotopic (exact) mass is 227 g/mol. The van der Waals surface area contributed by atoms with Crippen molar-refractivity contribution in [2.45, 2.75) is 31.3 Å². The van der Waals surface area contributed by atoms with Gasteiger partial charge in [-0.05, 0) is 31.3 Å². The molecule has 2 atom stereocenters. The van der Waals surface area contributed by atoms with Crippen LogP contribution < -0.4 is 5.73 Å². The summed E-state index contributed by atoms with van der Waals surface area (Å²) in [4.78, 5) is 13.5. The lowest BCUT2D eigenvalue weighted by atomic mass is 10.2. The molecule has 84 valence electrons. The number of thioether (sulfide) groups is 1. The lowest BCUT2D eigenvalue weighted by molar-refractivity contribution is -0.132. The van der Waals surface area contributed by atoms with E-state index in [0.717, 1.165) is 18.6 Å². The van der Waals surface area contributed by atoms with Crippen LogP contribution in [0.2, 0.25) is 0 Å². The van der Waals surface area contributed by atoms with E-state index in [1.165, 1.54) is 0 Å². The third-order valence-electron chi connectivity index (χ3n) is 2.64. The van der Waals surface area contributed by atoms with E-state index < -0.39 is 6.04 Å². The number of rotatable bonds is 4. The molecule has 1 heterocycles. The summed E-state index contributed by atoms with van der Waals surface area (Å²) in [7, 11) is 0. The van der Waals surface area contributed by atoms with Gasteiger partial charge < -0.3 is 10.6 Å². The van der Waals surface area contributed by atoms with Gasteiger partial charge in [0.05, 0.1) is 12.1 Å². The molecular formula is C10H17N3OS. The Morgan fingerprint density at radius 1 is 1.80 bits per heavy atom. The summed E-state index contributed by atoms with van der Waals surface area (Å²) in [6, 6.07) is 1.46. The maximum absolute atomic E-state index is 11.9. The zero-order valence-corrected chi connectivity index (χ0v) is 9.80. The molecule has 1 aliphatic rings. The van der Waals surface area contributed by atoms with E-state index in [9.17, 15) is 4.79 Å². The summed E-state index contributed by atoms with van der Waals surface area (Å²) in [6.07, 6.45) is 4.39. The molecule has 1 rings (SSSR count). The molecule has 0 spiro atoms. The molecule has 15 heavy (non-hydrogen) atoms. The van der Waals surface area contributed by atoms with Crippen molar-refractivity contribution >= 4 is 17.7 Å². The number of likely N-dealkylation sites (tertiary alicyclic amines) is 1. The molecule has 0 saturated carbocycles. The standard InChI is InChI=1S/C10H17N3OS/c1-15-6-4-9(12)10(14)13-5-2-3-8(13)7-11/h8-9H,2-6,12H2,1H3/t8-,9-/m0/s1. The minimum Gasteiger partial charge on any atom is -0.325 e. The summed E-state index contributed by atoms with van der Waals surface area (Å²) >= 11 is 1.68. The molecule has 1 saturated heterocycles. The van der Waals surface area contributed by atoms with Gasteiger partial charge in [-0.25, -0.2) is 0 Å². The topological polar surface area (TPSA) is 70.1 Å². The lowest BCUT2D eigenvalue weighted by Gasteiger charge is -2.23. The Labute approximate surface area is 94.8 Å².